The first-order chi connectivity index (χ1) is 19.4. The van der Waals surface area contributed by atoms with E-state index in [1.165, 1.54) is 25.3 Å². The van der Waals surface area contributed by atoms with Crippen LogP contribution in [0.2, 0.25) is 5.02 Å². The van der Waals surface area contributed by atoms with Gasteiger partial charge in [0, 0.05) is 29.6 Å². The van der Waals surface area contributed by atoms with Crippen molar-refractivity contribution in [2.45, 2.75) is 69.7 Å². The summed E-state index contributed by atoms with van der Waals surface area (Å²) in [5, 5.41) is 9.81. The first kappa shape index (κ1) is 31.1. The maximum absolute atomic E-state index is 14.3. The number of aliphatic hydroxyl groups is 1. The molecule has 1 aliphatic rings. The van der Waals surface area contributed by atoms with E-state index in [2.05, 4.69) is 0 Å². The monoisotopic (exact) mass is 606 g/mol. The van der Waals surface area contributed by atoms with E-state index in [1.807, 2.05) is 20.8 Å². The van der Waals surface area contributed by atoms with Crippen molar-refractivity contribution in [1.29, 1.82) is 0 Å². The third kappa shape index (κ3) is 6.80. The number of methoxy groups -OCH3 is 1. The molecule has 3 aromatic carbocycles. The number of aliphatic hydroxyl groups excluding tert-OH is 1. The first-order valence-corrected chi connectivity index (χ1v) is 15.3. The van der Waals surface area contributed by atoms with Gasteiger partial charge in [0.2, 0.25) is 0 Å². The van der Waals surface area contributed by atoms with Crippen LogP contribution in [0, 0.1) is 18.2 Å². The molecule has 0 aliphatic carbocycles. The zero-order chi connectivity index (χ0) is 29.9. The lowest BCUT2D eigenvalue weighted by Crippen LogP contribution is -2.39. The number of ether oxygens (including phenoxy) is 4. The van der Waals surface area contributed by atoms with Crippen LogP contribution in [0.3, 0.4) is 0 Å². The molecule has 0 bridgehead atoms. The van der Waals surface area contributed by atoms with Crippen LogP contribution in [0.25, 0.3) is 0 Å². The van der Waals surface area contributed by atoms with Crippen molar-refractivity contribution in [3.8, 4) is 17.2 Å². The van der Waals surface area contributed by atoms with E-state index in [-0.39, 0.29) is 28.5 Å². The van der Waals surface area contributed by atoms with Gasteiger partial charge in [-0.05, 0) is 68.3 Å². The minimum Gasteiger partial charge on any atom is -0.496 e. The summed E-state index contributed by atoms with van der Waals surface area (Å²) in [5.74, 6) is 0.716. The quantitative estimate of drug-likeness (QED) is 0.240. The van der Waals surface area contributed by atoms with E-state index in [0.717, 1.165) is 5.56 Å². The Hall–Kier alpha value is -2.85. The number of hydrogen-bond donors (Lipinski definition) is 1. The van der Waals surface area contributed by atoms with Crippen molar-refractivity contribution in [2.24, 2.45) is 5.41 Å². The number of benzene rings is 3. The number of halogens is 2. The molecule has 222 valence electrons. The minimum atomic E-state index is -3.93. The fourth-order valence-electron chi connectivity index (χ4n) is 5.03. The number of aryl methyl sites for hydroxylation is 1. The summed E-state index contributed by atoms with van der Waals surface area (Å²) in [7, 11) is -2.44. The SMILES string of the molecule is CCOC(O)C(C)(C)CC1CC(S(=O)(=O)c2ccc(C)c(OC)c2)c2cc(OCc3c(F)cccc3Cl)ccc2O1. The lowest BCUT2D eigenvalue weighted by atomic mass is 9.83. The molecule has 7 nitrogen and oxygen atoms in total. The summed E-state index contributed by atoms with van der Waals surface area (Å²) in [4.78, 5) is 0.120. The van der Waals surface area contributed by atoms with Gasteiger partial charge in [-0.15, -0.1) is 0 Å². The smallest absolute Gasteiger partial charge is 0.185 e. The van der Waals surface area contributed by atoms with Gasteiger partial charge in [0.05, 0.1) is 22.3 Å². The van der Waals surface area contributed by atoms with Crippen LogP contribution in [0.15, 0.2) is 59.5 Å². The first-order valence-electron chi connectivity index (χ1n) is 13.4. The van der Waals surface area contributed by atoms with Crippen molar-refractivity contribution >= 4 is 21.4 Å². The maximum Gasteiger partial charge on any atom is 0.185 e. The summed E-state index contributed by atoms with van der Waals surface area (Å²) < 4.78 is 65.6. The van der Waals surface area contributed by atoms with Gasteiger partial charge in [-0.3, -0.25) is 0 Å². The van der Waals surface area contributed by atoms with Gasteiger partial charge in [0.1, 0.15) is 35.8 Å². The Labute approximate surface area is 246 Å². The molecule has 1 N–H and O–H groups in total. The van der Waals surface area contributed by atoms with Gasteiger partial charge in [-0.1, -0.05) is 37.6 Å². The van der Waals surface area contributed by atoms with Crippen molar-refractivity contribution in [2.75, 3.05) is 13.7 Å². The summed E-state index contributed by atoms with van der Waals surface area (Å²) in [6, 6.07) is 14.1. The summed E-state index contributed by atoms with van der Waals surface area (Å²) in [5.41, 5.74) is 0.739. The zero-order valence-corrected chi connectivity index (χ0v) is 25.4. The maximum atomic E-state index is 14.3. The normalized spacial score (nSPS) is 17.9. The predicted octanol–water partition coefficient (Wildman–Crippen LogP) is 6.81. The second-order valence-electron chi connectivity index (χ2n) is 10.8. The van der Waals surface area contributed by atoms with Gasteiger partial charge >= 0.3 is 0 Å². The number of fused-ring (bicyclic) bond motifs is 1. The highest BCUT2D eigenvalue weighted by molar-refractivity contribution is 7.91. The average molecular weight is 607 g/mol. The molecule has 1 heterocycles. The molecule has 1 aliphatic heterocycles. The molecule has 0 amide bonds. The third-order valence-corrected chi connectivity index (χ3v) is 9.83. The van der Waals surface area contributed by atoms with Crippen LogP contribution < -0.4 is 14.2 Å². The Balaban J connectivity index is 1.71. The van der Waals surface area contributed by atoms with E-state index in [9.17, 15) is 17.9 Å². The van der Waals surface area contributed by atoms with Crippen LogP contribution in [0.4, 0.5) is 4.39 Å². The molecular weight excluding hydrogens is 571 g/mol. The minimum absolute atomic E-state index is 0.120. The largest absolute Gasteiger partial charge is 0.496 e. The zero-order valence-electron chi connectivity index (χ0n) is 23.8. The lowest BCUT2D eigenvalue weighted by molar-refractivity contribution is -0.169. The molecule has 0 radical (unpaired) electrons. The van der Waals surface area contributed by atoms with Gasteiger partial charge < -0.3 is 24.1 Å². The van der Waals surface area contributed by atoms with E-state index in [1.54, 1.807) is 43.3 Å². The summed E-state index contributed by atoms with van der Waals surface area (Å²) in [6.45, 7) is 7.55. The third-order valence-electron chi connectivity index (χ3n) is 7.37. The molecule has 0 aromatic heterocycles. The highest BCUT2D eigenvalue weighted by Gasteiger charge is 2.42. The highest BCUT2D eigenvalue weighted by Crippen LogP contribution is 2.46. The Kier molecular flexibility index (Phi) is 9.53. The number of sulfone groups is 1. The molecule has 10 heteroatoms. The van der Waals surface area contributed by atoms with Crippen LogP contribution in [0.1, 0.15) is 55.6 Å². The van der Waals surface area contributed by atoms with Crippen LogP contribution in [-0.2, 0) is 21.2 Å². The molecule has 0 fully saturated rings. The van der Waals surface area contributed by atoms with E-state index in [0.29, 0.717) is 35.8 Å². The number of hydrogen-bond acceptors (Lipinski definition) is 7. The molecule has 3 aromatic rings. The average Bonchev–Trinajstić information content (AvgIpc) is 2.92. The molecular formula is C31H36ClFO7S. The Morgan fingerprint density at radius 3 is 2.61 bits per heavy atom. The van der Waals surface area contributed by atoms with Crippen molar-refractivity contribution in [1.82, 2.24) is 0 Å². The topological polar surface area (TPSA) is 91.3 Å². The summed E-state index contributed by atoms with van der Waals surface area (Å²) >= 11 is 6.15. The highest BCUT2D eigenvalue weighted by atomic mass is 35.5. The van der Waals surface area contributed by atoms with E-state index in [4.69, 9.17) is 30.5 Å². The molecule has 3 unspecified atom stereocenters. The second-order valence-corrected chi connectivity index (χ2v) is 13.4. The van der Waals surface area contributed by atoms with Gasteiger partial charge in [-0.2, -0.15) is 0 Å². The van der Waals surface area contributed by atoms with Crippen LogP contribution in [0.5, 0.6) is 17.2 Å². The molecule has 3 atom stereocenters. The summed E-state index contributed by atoms with van der Waals surface area (Å²) in [6.07, 6.45) is -1.09. The van der Waals surface area contributed by atoms with E-state index >= 15 is 0 Å². The van der Waals surface area contributed by atoms with Crippen molar-refractivity contribution < 1.29 is 36.9 Å². The van der Waals surface area contributed by atoms with Crippen molar-refractivity contribution in [3.63, 3.8) is 0 Å². The second kappa shape index (κ2) is 12.6. The number of rotatable bonds is 11. The van der Waals surface area contributed by atoms with Gasteiger partial charge in [0.25, 0.3) is 0 Å². The molecule has 0 saturated carbocycles. The Bertz CT molecular complexity index is 1470. The van der Waals surface area contributed by atoms with Gasteiger partial charge in [0.15, 0.2) is 16.1 Å². The Morgan fingerprint density at radius 1 is 1.17 bits per heavy atom. The van der Waals surface area contributed by atoms with Crippen molar-refractivity contribution in [3.05, 3.63) is 82.1 Å². The molecule has 0 spiro atoms. The van der Waals surface area contributed by atoms with Crippen LogP contribution in [-0.4, -0.2) is 39.6 Å². The van der Waals surface area contributed by atoms with E-state index < -0.39 is 38.7 Å². The fourth-order valence-corrected chi connectivity index (χ4v) is 7.09. The molecule has 0 saturated heterocycles. The fraction of sp³-hybridized carbons (Fsp3) is 0.419. The lowest BCUT2D eigenvalue weighted by Gasteiger charge is -2.38. The molecule has 41 heavy (non-hydrogen) atoms. The Morgan fingerprint density at radius 2 is 1.93 bits per heavy atom. The predicted molar refractivity (Wildman–Crippen MR) is 155 cm³/mol. The molecule has 4 rings (SSSR count). The van der Waals surface area contributed by atoms with Crippen LogP contribution >= 0.6 is 11.6 Å². The standard InChI is InChI=1S/C31H36ClFO7S/c1-6-38-30(34)31(3,4)17-21-15-29(41(35,36)22-12-10-19(2)28(16-22)37-5)23-14-20(11-13-27(23)40-21)39-18-24-25(32)8-7-9-26(24)33/h7-14,16,21,29-30,34H,6,15,17-18H2,1-5H3. The van der Waals surface area contributed by atoms with Gasteiger partial charge in [-0.25, -0.2) is 12.8 Å².